The molecule has 1 aliphatic heterocycles. The van der Waals surface area contributed by atoms with Crippen molar-refractivity contribution < 1.29 is 0 Å². The SMILES string of the molecule is Nc1cc2cn[nH]c2cc1N1CCN(CC2CC2)CC1. The predicted octanol–water partition coefficient (Wildman–Crippen LogP) is 1.68. The van der Waals surface area contributed by atoms with E-state index in [0.29, 0.717) is 0 Å². The Hall–Kier alpha value is -1.75. The molecule has 3 N–H and O–H groups in total. The Morgan fingerprint density at radius 2 is 2.00 bits per heavy atom. The number of fused-ring (bicyclic) bond motifs is 1. The van der Waals surface area contributed by atoms with Gasteiger partial charge in [-0.2, -0.15) is 5.10 Å². The monoisotopic (exact) mass is 271 g/mol. The van der Waals surface area contributed by atoms with Crippen molar-refractivity contribution in [2.75, 3.05) is 43.4 Å². The lowest BCUT2D eigenvalue weighted by Gasteiger charge is -2.36. The van der Waals surface area contributed by atoms with E-state index in [0.717, 1.165) is 54.4 Å². The predicted molar refractivity (Wildman–Crippen MR) is 81.9 cm³/mol. The largest absolute Gasteiger partial charge is 0.397 e. The number of nitrogens with two attached hydrogens (primary N) is 1. The zero-order valence-corrected chi connectivity index (χ0v) is 11.7. The fourth-order valence-electron chi connectivity index (χ4n) is 3.11. The second kappa shape index (κ2) is 4.66. The van der Waals surface area contributed by atoms with Crippen LogP contribution in [0.1, 0.15) is 12.8 Å². The lowest BCUT2D eigenvalue weighted by atomic mass is 10.1. The van der Waals surface area contributed by atoms with Crippen LogP contribution in [0.4, 0.5) is 11.4 Å². The number of aromatic nitrogens is 2. The summed E-state index contributed by atoms with van der Waals surface area (Å²) < 4.78 is 0. The van der Waals surface area contributed by atoms with Gasteiger partial charge in [-0.05, 0) is 30.9 Å². The van der Waals surface area contributed by atoms with Gasteiger partial charge in [0.05, 0.1) is 23.1 Å². The van der Waals surface area contributed by atoms with Gasteiger partial charge in [0.1, 0.15) is 0 Å². The summed E-state index contributed by atoms with van der Waals surface area (Å²) in [6.45, 7) is 5.73. The van der Waals surface area contributed by atoms with E-state index in [-0.39, 0.29) is 0 Å². The third-order valence-corrected chi connectivity index (χ3v) is 4.51. The van der Waals surface area contributed by atoms with Crippen LogP contribution < -0.4 is 10.6 Å². The van der Waals surface area contributed by atoms with Gasteiger partial charge in [-0.25, -0.2) is 0 Å². The molecule has 1 saturated carbocycles. The molecule has 0 amide bonds. The van der Waals surface area contributed by atoms with Crippen molar-refractivity contribution in [1.82, 2.24) is 15.1 Å². The summed E-state index contributed by atoms with van der Waals surface area (Å²) in [6.07, 6.45) is 4.69. The van der Waals surface area contributed by atoms with Gasteiger partial charge in [0.2, 0.25) is 0 Å². The van der Waals surface area contributed by atoms with Gasteiger partial charge in [0.25, 0.3) is 0 Å². The number of hydrogen-bond acceptors (Lipinski definition) is 4. The highest BCUT2D eigenvalue weighted by atomic mass is 15.3. The van der Waals surface area contributed by atoms with Gasteiger partial charge in [-0.1, -0.05) is 0 Å². The lowest BCUT2D eigenvalue weighted by Crippen LogP contribution is -2.47. The van der Waals surface area contributed by atoms with Gasteiger partial charge < -0.3 is 10.6 Å². The van der Waals surface area contributed by atoms with Crippen LogP contribution in [-0.4, -0.2) is 47.8 Å². The van der Waals surface area contributed by atoms with Crippen LogP contribution >= 0.6 is 0 Å². The first-order valence-corrected chi connectivity index (χ1v) is 7.49. The van der Waals surface area contributed by atoms with Crippen LogP contribution in [0.25, 0.3) is 10.9 Å². The van der Waals surface area contributed by atoms with E-state index in [1.165, 1.54) is 19.4 Å². The van der Waals surface area contributed by atoms with Crippen molar-refractivity contribution in [2.24, 2.45) is 5.92 Å². The van der Waals surface area contributed by atoms with Crippen LogP contribution in [-0.2, 0) is 0 Å². The van der Waals surface area contributed by atoms with Crippen LogP contribution in [0.3, 0.4) is 0 Å². The van der Waals surface area contributed by atoms with Gasteiger partial charge in [-0.15, -0.1) is 0 Å². The van der Waals surface area contributed by atoms with E-state index < -0.39 is 0 Å². The fraction of sp³-hybridized carbons (Fsp3) is 0.533. The highest BCUT2D eigenvalue weighted by Gasteiger charge is 2.26. The average Bonchev–Trinajstić information content (AvgIpc) is 3.15. The Morgan fingerprint density at radius 3 is 2.75 bits per heavy atom. The van der Waals surface area contributed by atoms with E-state index in [9.17, 15) is 0 Å². The summed E-state index contributed by atoms with van der Waals surface area (Å²) in [5, 5.41) is 8.18. The van der Waals surface area contributed by atoms with E-state index in [1.807, 2.05) is 12.3 Å². The maximum absolute atomic E-state index is 6.21. The maximum Gasteiger partial charge on any atom is 0.0672 e. The normalized spacial score (nSPS) is 20.7. The third-order valence-electron chi connectivity index (χ3n) is 4.51. The molecule has 1 aromatic carbocycles. The van der Waals surface area contributed by atoms with Crippen LogP contribution in [0, 0.1) is 5.92 Å². The number of nitrogens with zero attached hydrogens (tertiary/aromatic N) is 3. The summed E-state index contributed by atoms with van der Waals surface area (Å²) in [6, 6.07) is 4.15. The second-order valence-corrected chi connectivity index (χ2v) is 6.10. The molecule has 1 aromatic heterocycles. The highest BCUT2D eigenvalue weighted by molar-refractivity contribution is 5.88. The maximum atomic E-state index is 6.21. The molecule has 0 bridgehead atoms. The smallest absolute Gasteiger partial charge is 0.0672 e. The van der Waals surface area contributed by atoms with Crippen molar-refractivity contribution in [3.63, 3.8) is 0 Å². The molecule has 2 fully saturated rings. The zero-order chi connectivity index (χ0) is 13.5. The highest BCUT2D eigenvalue weighted by Crippen LogP contribution is 2.31. The van der Waals surface area contributed by atoms with Gasteiger partial charge in [0, 0.05) is 38.1 Å². The average molecular weight is 271 g/mol. The summed E-state index contributed by atoms with van der Waals surface area (Å²) in [7, 11) is 0. The first-order chi connectivity index (χ1) is 9.79. The van der Waals surface area contributed by atoms with Crippen molar-refractivity contribution >= 4 is 22.3 Å². The molecule has 1 saturated heterocycles. The van der Waals surface area contributed by atoms with E-state index >= 15 is 0 Å². The molecular weight excluding hydrogens is 250 g/mol. The molecule has 1 aliphatic carbocycles. The number of hydrogen-bond donors (Lipinski definition) is 2. The van der Waals surface area contributed by atoms with E-state index in [2.05, 4.69) is 26.1 Å². The number of rotatable bonds is 3. The molecule has 0 spiro atoms. The third kappa shape index (κ3) is 2.22. The number of aromatic amines is 1. The minimum atomic E-state index is 0.856. The van der Waals surface area contributed by atoms with Crippen molar-refractivity contribution in [2.45, 2.75) is 12.8 Å². The molecule has 2 heterocycles. The Morgan fingerprint density at radius 1 is 1.20 bits per heavy atom. The number of piperazine rings is 1. The Balaban J connectivity index is 1.50. The van der Waals surface area contributed by atoms with Gasteiger partial charge in [-0.3, -0.25) is 10.00 Å². The summed E-state index contributed by atoms with van der Waals surface area (Å²) >= 11 is 0. The topological polar surface area (TPSA) is 61.2 Å². The molecule has 20 heavy (non-hydrogen) atoms. The van der Waals surface area contributed by atoms with Crippen LogP contribution in [0.2, 0.25) is 0 Å². The van der Waals surface area contributed by atoms with Crippen molar-refractivity contribution in [1.29, 1.82) is 0 Å². The molecule has 0 radical (unpaired) electrons. The van der Waals surface area contributed by atoms with E-state index in [1.54, 1.807) is 0 Å². The number of benzene rings is 1. The molecule has 106 valence electrons. The molecule has 5 nitrogen and oxygen atoms in total. The molecule has 5 heteroatoms. The van der Waals surface area contributed by atoms with Crippen molar-refractivity contribution in [3.05, 3.63) is 18.3 Å². The molecule has 4 rings (SSSR count). The first kappa shape index (κ1) is 12.0. The summed E-state index contributed by atoms with van der Waals surface area (Å²) in [4.78, 5) is 5.00. The van der Waals surface area contributed by atoms with E-state index in [4.69, 9.17) is 5.73 Å². The Kier molecular flexibility index (Phi) is 2.80. The molecular formula is C15H21N5. The Labute approximate surface area is 118 Å². The Bertz CT molecular complexity index is 608. The quantitative estimate of drug-likeness (QED) is 0.834. The molecule has 2 aromatic rings. The van der Waals surface area contributed by atoms with Crippen LogP contribution in [0.15, 0.2) is 18.3 Å². The number of nitrogens with one attached hydrogen (secondary N) is 1. The first-order valence-electron chi connectivity index (χ1n) is 7.49. The minimum Gasteiger partial charge on any atom is -0.397 e. The number of H-pyrrole nitrogens is 1. The number of anilines is 2. The van der Waals surface area contributed by atoms with Gasteiger partial charge in [0.15, 0.2) is 0 Å². The summed E-state index contributed by atoms with van der Waals surface area (Å²) in [5.41, 5.74) is 9.27. The fourth-order valence-corrected chi connectivity index (χ4v) is 3.11. The summed E-state index contributed by atoms with van der Waals surface area (Å²) in [5.74, 6) is 0.980. The van der Waals surface area contributed by atoms with Crippen LogP contribution in [0.5, 0.6) is 0 Å². The second-order valence-electron chi connectivity index (χ2n) is 6.10. The molecule has 0 unspecified atom stereocenters. The standard InChI is InChI=1S/C15H21N5/c16-13-7-12-9-17-18-14(12)8-15(13)20-5-3-19(4-6-20)10-11-1-2-11/h7-9,11H,1-6,10,16H2,(H,17,18). The minimum absolute atomic E-state index is 0.856. The molecule has 0 atom stereocenters. The van der Waals surface area contributed by atoms with Crippen molar-refractivity contribution in [3.8, 4) is 0 Å². The van der Waals surface area contributed by atoms with Gasteiger partial charge >= 0.3 is 0 Å². The molecule has 2 aliphatic rings. The lowest BCUT2D eigenvalue weighted by molar-refractivity contribution is 0.248. The number of nitrogen functional groups attached to an aromatic ring is 1. The zero-order valence-electron chi connectivity index (χ0n) is 11.7.